The van der Waals surface area contributed by atoms with Crippen LogP contribution in [0.15, 0.2) is 0 Å². The van der Waals surface area contributed by atoms with E-state index >= 15 is 0 Å². The fourth-order valence-electron chi connectivity index (χ4n) is 2.07. The summed E-state index contributed by atoms with van der Waals surface area (Å²) in [5.74, 6) is 0.227. The molecule has 0 saturated heterocycles. The van der Waals surface area contributed by atoms with E-state index in [2.05, 4.69) is 0 Å². The zero-order valence-corrected chi connectivity index (χ0v) is 7.54. The minimum absolute atomic E-state index is 0.227. The molecular weight excluding hydrogens is 165 g/mol. The molecule has 0 aromatic carbocycles. The third-order valence-corrected chi connectivity index (χ3v) is 2.91. The normalized spacial score (nSPS) is 38.2. The lowest BCUT2D eigenvalue weighted by Crippen LogP contribution is -2.38. The maximum atomic E-state index is 12.5. The van der Waals surface area contributed by atoms with E-state index in [9.17, 15) is 13.2 Å². The van der Waals surface area contributed by atoms with Crippen LogP contribution in [-0.2, 0) is 0 Å². The number of hydrogen-bond donors (Lipinski definition) is 0. The van der Waals surface area contributed by atoms with Gasteiger partial charge >= 0.3 is 6.18 Å². The minimum atomic E-state index is -4.01. The molecule has 0 amide bonds. The van der Waals surface area contributed by atoms with E-state index in [1.165, 1.54) is 6.92 Å². The summed E-state index contributed by atoms with van der Waals surface area (Å²) in [7, 11) is 0. The van der Waals surface area contributed by atoms with Crippen molar-refractivity contribution in [3.8, 4) is 0 Å². The molecule has 1 aliphatic carbocycles. The van der Waals surface area contributed by atoms with Crippen molar-refractivity contribution in [2.45, 2.75) is 45.7 Å². The third-order valence-electron chi connectivity index (χ3n) is 2.91. The largest absolute Gasteiger partial charge is 0.394 e. The van der Waals surface area contributed by atoms with Crippen molar-refractivity contribution >= 4 is 0 Å². The van der Waals surface area contributed by atoms with E-state index in [1.807, 2.05) is 6.92 Å². The van der Waals surface area contributed by atoms with E-state index in [-0.39, 0.29) is 5.92 Å². The minimum Gasteiger partial charge on any atom is -0.171 e. The average molecular weight is 180 g/mol. The van der Waals surface area contributed by atoms with Crippen molar-refractivity contribution in [3.05, 3.63) is 0 Å². The summed E-state index contributed by atoms with van der Waals surface area (Å²) in [6.07, 6.45) is -1.73. The van der Waals surface area contributed by atoms with E-state index in [0.717, 1.165) is 12.8 Å². The number of rotatable bonds is 0. The van der Waals surface area contributed by atoms with Gasteiger partial charge in [-0.05, 0) is 18.8 Å². The highest BCUT2D eigenvalue weighted by Gasteiger charge is 2.51. The molecule has 0 N–H and O–H groups in total. The first-order chi connectivity index (χ1) is 5.35. The standard InChI is InChI=1S/C9H15F3/c1-7-4-3-5-8(2,6-7)9(10,11)12/h7H,3-6H2,1-2H3/t7-,8-/m1/s1. The molecule has 72 valence electrons. The van der Waals surface area contributed by atoms with Gasteiger partial charge in [0.25, 0.3) is 0 Å². The zero-order valence-electron chi connectivity index (χ0n) is 7.54. The fourth-order valence-corrected chi connectivity index (χ4v) is 2.07. The molecule has 1 fully saturated rings. The van der Waals surface area contributed by atoms with E-state index in [4.69, 9.17) is 0 Å². The Morgan fingerprint density at radius 2 is 1.92 bits per heavy atom. The predicted molar refractivity (Wildman–Crippen MR) is 41.8 cm³/mol. The second-order valence-corrected chi connectivity index (χ2v) is 4.26. The van der Waals surface area contributed by atoms with Crippen LogP contribution in [0.4, 0.5) is 13.2 Å². The number of hydrogen-bond acceptors (Lipinski definition) is 0. The quantitative estimate of drug-likeness (QED) is 0.532. The fraction of sp³-hybridized carbons (Fsp3) is 1.00. The van der Waals surface area contributed by atoms with Gasteiger partial charge in [0.05, 0.1) is 5.41 Å². The molecule has 1 rings (SSSR count). The lowest BCUT2D eigenvalue weighted by molar-refractivity contribution is -0.231. The topological polar surface area (TPSA) is 0 Å². The summed E-state index contributed by atoms with van der Waals surface area (Å²) in [6.45, 7) is 3.26. The lowest BCUT2D eigenvalue weighted by Gasteiger charge is -2.38. The SMILES string of the molecule is C[C@@H]1CCC[C@@](C)(C(F)(F)F)C1. The first-order valence-corrected chi connectivity index (χ1v) is 4.42. The van der Waals surface area contributed by atoms with Crippen LogP contribution in [0.25, 0.3) is 0 Å². The summed E-state index contributed by atoms with van der Waals surface area (Å²) >= 11 is 0. The molecule has 1 aliphatic rings. The van der Waals surface area contributed by atoms with Crippen LogP contribution in [0.2, 0.25) is 0 Å². The second kappa shape index (κ2) is 2.93. The molecule has 0 nitrogen and oxygen atoms in total. The first-order valence-electron chi connectivity index (χ1n) is 4.42. The van der Waals surface area contributed by atoms with Gasteiger partial charge < -0.3 is 0 Å². The predicted octanol–water partition coefficient (Wildman–Crippen LogP) is 3.77. The van der Waals surface area contributed by atoms with Crippen molar-refractivity contribution in [3.63, 3.8) is 0 Å². The summed E-state index contributed by atoms with van der Waals surface area (Å²) in [6, 6.07) is 0. The van der Waals surface area contributed by atoms with Gasteiger partial charge in [-0.3, -0.25) is 0 Å². The van der Waals surface area contributed by atoms with Gasteiger partial charge in [0.2, 0.25) is 0 Å². The maximum absolute atomic E-state index is 12.5. The van der Waals surface area contributed by atoms with E-state index in [0.29, 0.717) is 12.8 Å². The summed E-state index contributed by atoms with van der Waals surface area (Å²) in [5, 5.41) is 0. The van der Waals surface area contributed by atoms with Gasteiger partial charge in [-0.1, -0.05) is 26.7 Å². The molecule has 3 heteroatoms. The molecule has 0 aromatic rings. The van der Waals surface area contributed by atoms with Gasteiger partial charge in [-0.15, -0.1) is 0 Å². The van der Waals surface area contributed by atoms with E-state index < -0.39 is 11.6 Å². The zero-order chi connectivity index (χ0) is 9.41. The summed E-state index contributed by atoms with van der Waals surface area (Å²) < 4.78 is 37.5. The summed E-state index contributed by atoms with van der Waals surface area (Å²) in [5.41, 5.74) is -1.41. The average Bonchev–Trinajstić information content (AvgIpc) is 1.83. The second-order valence-electron chi connectivity index (χ2n) is 4.26. The van der Waals surface area contributed by atoms with Crippen molar-refractivity contribution < 1.29 is 13.2 Å². The Kier molecular flexibility index (Phi) is 2.41. The van der Waals surface area contributed by atoms with Crippen LogP contribution in [0.5, 0.6) is 0 Å². The van der Waals surface area contributed by atoms with Crippen LogP contribution in [0.1, 0.15) is 39.5 Å². The molecule has 0 radical (unpaired) electrons. The van der Waals surface area contributed by atoms with Crippen LogP contribution in [0.3, 0.4) is 0 Å². The third kappa shape index (κ3) is 1.75. The van der Waals surface area contributed by atoms with Crippen LogP contribution in [0, 0.1) is 11.3 Å². The van der Waals surface area contributed by atoms with Gasteiger partial charge in [0.1, 0.15) is 0 Å². The molecule has 0 aromatic heterocycles. The highest BCUT2D eigenvalue weighted by Crippen LogP contribution is 2.49. The molecule has 12 heavy (non-hydrogen) atoms. The molecule has 2 atom stereocenters. The Morgan fingerprint density at radius 3 is 2.25 bits per heavy atom. The first kappa shape index (κ1) is 9.87. The Bertz CT molecular complexity index is 162. The Morgan fingerprint density at radius 1 is 1.33 bits per heavy atom. The molecule has 0 spiro atoms. The molecule has 1 saturated carbocycles. The molecule has 0 bridgehead atoms. The number of halogens is 3. The monoisotopic (exact) mass is 180 g/mol. The lowest BCUT2D eigenvalue weighted by atomic mass is 9.71. The van der Waals surface area contributed by atoms with Crippen molar-refractivity contribution in [1.29, 1.82) is 0 Å². The van der Waals surface area contributed by atoms with Gasteiger partial charge in [-0.2, -0.15) is 13.2 Å². The molecule has 0 heterocycles. The highest BCUT2D eigenvalue weighted by molar-refractivity contribution is 4.87. The Balaban J connectivity index is 2.70. The summed E-state index contributed by atoms with van der Waals surface area (Å²) in [4.78, 5) is 0. The highest BCUT2D eigenvalue weighted by atomic mass is 19.4. The van der Waals surface area contributed by atoms with Gasteiger partial charge in [-0.25, -0.2) is 0 Å². The molecule has 0 unspecified atom stereocenters. The van der Waals surface area contributed by atoms with E-state index in [1.54, 1.807) is 0 Å². The van der Waals surface area contributed by atoms with Gasteiger partial charge in [0, 0.05) is 0 Å². The molecular formula is C9H15F3. The van der Waals surface area contributed by atoms with Gasteiger partial charge in [0.15, 0.2) is 0 Å². The Labute approximate surface area is 71.1 Å². The smallest absolute Gasteiger partial charge is 0.171 e. The Hall–Kier alpha value is -0.210. The van der Waals surface area contributed by atoms with Crippen molar-refractivity contribution in [2.75, 3.05) is 0 Å². The maximum Gasteiger partial charge on any atom is 0.394 e. The van der Waals surface area contributed by atoms with Crippen LogP contribution >= 0.6 is 0 Å². The van der Waals surface area contributed by atoms with Crippen LogP contribution in [-0.4, -0.2) is 6.18 Å². The molecule has 0 aliphatic heterocycles. The van der Waals surface area contributed by atoms with Crippen molar-refractivity contribution in [2.24, 2.45) is 11.3 Å². The number of alkyl halides is 3. The van der Waals surface area contributed by atoms with Crippen LogP contribution < -0.4 is 0 Å². The van der Waals surface area contributed by atoms with Crippen molar-refractivity contribution in [1.82, 2.24) is 0 Å².